The number of nitrogens with one attached hydrogen (secondary N) is 1. The summed E-state index contributed by atoms with van der Waals surface area (Å²) in [6, 6.07) is 8.20. The van der Waals surface area contributed by atoms with Gasteiger partial charge in [0.25, 0.3) is 0 Å². The van der Waals surface area contributed by atoms with Gasteiger partial charge in [-0.15, -0.1) is 0 Å². The van der Waals surface area contributed by atoms with Crippen molar-refractivity contribution >= 4 is 5.91 Å². The summed E-state index contributed by atoms with van der Waals surface area (Å²) in [5, 5.41) is 3.34. The maximum atomic E-state index is 11.3. The van der Waals surface area contributed by atoms with Gasteiger partial charge in [0.2, 0.25) is 5.91 Å². The van der Waals surface area contributed by atoms with Crippen molar-refractivity contribution in [3.63, 3.8) is 0 Å². The minimum Gasteiger partial charge on any atom is -0.490 e. The number of hydrogen-bond acceptors (Lipinski definition) is 4. The Morgan fingerprint density at radius 2 is 2.00 bits per heavy atom. The molecular formula is C17H24N2O3. The van der Waals surface area contributed by atoms with Gasteiger partial charge in [0, 0.05) is 45.9 Å². The fourth-order valence-corrected chi connectivity index (χ4v) is 3.02. The Kier molecular flexibility index (Phi) is 4.95. The highest BCUT2D eigenvalue weighted by Gasteiger charge is 2.22. The van der Waals surface area contributed by atoms with E-state index in [1.165, 1.54) is 5.56 Å². The number of ether oxygens (including phenoxy) is 2. The number of carbonyl (C=O) groups excluding carboxylic acids is 1. The third kappa shape index (κ3) is 3.78. The monoisotopic (exact) mass is 304 g/mol. The Morgan fingerprint density at radius 1 is 1.27 bits per heavy atom. The molecule has 1 amide bonds. The Labute approximate surface area is 131 Å². The molecule has 0 radical (unpaired) electrons. The summed E-state index contributed by atoms with van der Waals surface area (Å²) >= 11 is 0. The van der Waals surface area contributed by atoms with Crippen molar-refractivity contribution in [2.24, 2.45) is 0 Å². The summed E-state index contributed by atoms with van der Waals surface area (Å²) in [6.07, 6.45) is 2.14. The predicted octanol–water partition coefficient (Wildman–Crippen LogP) is 1.74. The standard InChI is InChI=1S/C17H24N2O3/c1-13(20)19-9-6-16(7-10-19)22-15-4-2-14(3-5-15)17-12-18-8-11-21-17/h2-5,16-18H,6-12H2,1H3/t17-/m1/s1. The smallest absolute Gasteiger partial charge is 0.219 e. The lowest BCUT2D eigenvalue weighted by Crippen LogP contribution is -2.40. The van der Waals surface area contributed by atoms with Crippen molar-refractivity contribution in [2.45, 2.75) is 32.0 Å². The first kappa shape index (κ1) is 15.3. The van der Waals surface area contributed by atoms with E-state index in [4.69, 9.17) is 9.47 Å². The number of nitrogens with zero attached hydrogens (tertiary/aromatic N) is 1. The highest BCUT2D eigenvalue weighted by Crippen LogP contribution is 2.24. The molecule has 1 N–H and O–H groups in total. The Bertz CT molecular complexity index is 489. The largest absolute Gasteiger partial charge is 0.490 e. The SMILES string of the molecule is CC(=O)N1CCC(Oc2ccc([C@H]3CNCCO3)cc2)CC1. The molecule has 3 rings (SSSR count). The van der Waals surface area contributed by atoms with Crippen LogP contribution in [0.2, 0.25) is 0 Å². The van der Waals surface area contributed by atoms with Gasteiger partial charge in [-0.25, -0.2) is 0 Å². The van der Waals surface area contributed by atoms with Crippen molar-refractivity contribution < 1.29 is 14.3 Å². The van der Waals surface area contributed by atoms with Crippen LogP contribution in [0.1, 0.15) is 31.4 Å². The van der Waals surface area contributed by atoms with Crippen LogP contribution in [0.25, 0.3) is 0 Å². The number of rotatable bonds is 3. The first-order chi connectivity index (χ1) is 10.7. The van der Waals surface area contributed by atoms with Gasteiger partial charge >= 0.3 is 0 Å². The maximum Gasteiger partial charge on any atom is 0.219 e. The molecule has 5 nitrogen and oxygen atoms in total. The number of piperidine rings is 1. The molecule has 2 saturated heterocycles. The van der Waals surface area contributed by atoms with Gasteiger partial charge in [-0.2, -0.15) is 0 Å². The first-order valence-electron chi connectivity index (χ1n) is 8.07. The molecule has 0 aliphatic carbocycles. The topological polar surface area (TPSA) is 50.8 Å². The second-order valence-electron chi connectivity index (χ2n) is 5.96. The summed E-state index contributed by atoms with van der Waals surface area (Å²) in [6.45, 7) is 5.76. The van der Waals surface area contributed by atoms with Gasteiger partial charge in [-0.3, -0.25) is 4.79 Å². The summed E-state index contributed by atoms with van der Waals surface area (Å²) in [7, 11) is 0. The highest BCUT2D eigenvalue weighted by molar-refractivity contribution is 5.73. The zero-order chi connectivity index (χ0) is 15.4. The molecular weight excluding hydrogens is 280 g/mol. The lowest BCUT2D eigenvalue weighted by atomic mass is 10.1. The second-order valence-corrected chi connectivity index (χ2v) is 5.96. The van der Waals surface area contributed by atoms with Crippen LogP contribution >= 0.6 is 0 Å². The average molecular weight is 304 g/mol. The van der Waals surface area contributed by atoms with E-state index in [1.807, 2.05) is 17.0 Å². The van der Waals surface area contributed by atoms with E-state index in [1.54, 1.807) is 6.92 Å². The minimum absolute atomic E-state index is 0.140. The van der Waals surface area contributed by atoms with Crippen LogP contribution in [-0.4, -0.2) is 49.7 Å². The summed E-state index contributed by atoms with van der Waals surface area (Å²) in [5.74, 6) is 1.05. The van der Waals surface area contributed by atoms with E-state index in [0.717, 1.165) is 51.4 Å². The van der Waals surface area contributed by atoms with Gasteiger partial charge in [0.1, 0.15) is 11.9 Å². The van der Waals surface area contributed by atoms with Crippen molar-refractivity contribution in [2.75, 3.05) is 32.8 Å². The van der Waals surface area contributed by atoms with Crippen molar-refractivity contribution in [1.82, 2.24) is 10.2 Å². The van der Waals surface area contributed by atoms with Gasteiger partial charge in [0.15, 0.2) is 0 Å². The van der Waals surface area contributed by atoms with Gasteiger partial charge in [-0.1, -0.05) is 12.1 Å². The molecule has 2 aliphatic heterocycles. The van der Waals surface area contributed by atoms with E-state index in [2.05, 4.69) is 17.4 Å². The molecule has 0 unspecified atom stereocenters. The molecule has 1 aromatic rings. The fourth-order valence-electron chi connectivity index (χ4n) is 3.02. The molecule has 0 saturated carbocycles. The van der Waals surface area contributed by atoms with E-state index < -0.39 is 0 Å². The quantitative estimate of drug-likeness (QED) is 0.924. The number of morpholine rings is 1. The third-order valence-corrected chi connectivity index (χ3v) is 4.37. The molecule has 5 heteroatoms. The van der Waals surface area contributed by atoms with Crippen LogP contribution < -0.4 is 10.1 Å². The van der Waals surface area contributed by atoms with Crippen LogP contribution in [0, 0.1) is 0 Å². The van der Waals surface area contributed by atoms with E-state index >= 15 is 0 Å². The Balaban J connectivity index is 1.52. The maximum absolute atomic E-state index is 11.3. The molecule has 0 spiro atoms. The van der Waals surface area contributed by atoms with Crippen LogP contribution in [0.4, 0.5) is 0 Å². The summed E-state index contributed by atoms with van der Waals surface area (Å²) < 4.78 is 11.8. The van der Waals surface area contributed by atoms with Crippen LogP contribution in [0.3, 0.4) is 0 Å². The predicted molar refractivity (Wildman–Crippen MR) is 83.9 cm³/mol. The lowest BCUT2D eigenvalue weighted by molar-refractivity contribution is -0.130. The lowest BCUT2D eigenvalue weighted by Gasteiger charge is -2.31. The second kappa shape index (κ2) is 7.11. The van der Waals surface area contributed by atoms with E-state index in [-0.39, 0.29) is 18.1 Å². The number of likely N-dealkylation sites (tertiary alicyclic amines) is 1. The summed E-state index contributed by atoms with van der Waals surface area (Å²) in [5.41, 5.74) is 1.19. The van der Waals surface area contributed by atoms with Crippen molar-refractivity contribution in [3.8, 4) is 5.75 Å². The zero-order valence-electron chi connectivity index (χ0n) is 13.1. The van der Waals surface area contributed by atoms with Crippen molar-refractivity contribution in [1.29, 1.82) is 0 Å². The number of benzene rings is 1. The first-order valence-corrected chi connectivity index (χ1v) is 8.07. The van der Waals surface area contributed by atoms with E-state index in [9.17, 15) is 4.79 Å². The molecule has 120 valence electrons. The molecule has 2 heterocycles. The molecule has 22 heavy (non-hydrogen) atoms. The van der Waals surface area contributed by atoms with Crippen LogP contribution in [0.15, 0.2) is 24.3 Å². The van der Waals surface area contributed by atoms with Crippen LogP contribution in [-0.2, 0) is 9.53 Å². The van der Waals surface area contributed by atoms with Gasteiger partial charge in [-0.05, 0) is 17.7 Å². The fraction of sp³-hybridized carbons (Fsp3) is 0.588. The van der Waals surface area contributed by atoms with Gasteiger partial charge in [0.05, 0.1) is 12.7 Å². The molecule has 1 aromatic carbocycles. The molecule has 0 bridgehead atoms. The molecule has 2 aliphatic rings. The highest BCUT2D eigenvalue weighted by atomic mass is 16.5. The number of hydrogen-bond donors (Lipinski definition) is 1. The Hall–Kier alpha value is -1.59. The molecule has 1 atom stereocenters. The Morgan fingerprint density at radius 3 is 2.59 bits per heavy atom. The van der Waals surface area contributed by atoms with Crippen LogP contribution in [0.5, 0.6) is 5.75 Å². The minimum atomic E-state index is 0.140. The third-order valence-electron chi connectivity index (χ3n) is 4.37. The number of carbonyl (C=O) groups is 1. The number of amides is 1. The zero-order valence-corrected chi connectivity index (χ0v) is 13.1. The van der Waals surface area contributed by atoms with E-state index in [0.29, 0.717) is 0 Å². The van der Waals surface area contributed by atoms with Crippen molar-refractivity contribution in [3.05, 3.63) is 29.8 Å². The molecule has 0 aromatic heterocycles. The average Bonchev–Trinajstić information content (AvgIpc) is 2.57. The van der Waals surface area contributed by atoms with Gasteiger partial charge < -0.3 is 19.7 Å². The molecule has 2 fully saturated rings. The summed E-state index contributed by atoms with van der Waals surface area (Å²) in [4.78, 5) is 13.2. The normalized spacial score (nSPS) is 23.3.